The number of hydrogen-bond donors (Lipinski definition) is 0. The molecule has 0 radical (unpaired) electrons. The molecule has 1 aromatic carbocycles. The van der Waals surface area contributed by atoms with Gasteiger partial charge in [0.1, 0.15) is 15.8 Å². The van der Waals surface area contributed by atoms with Crippen molar-refractivity contribution in [2.75, 3.05) is 13.7 Å². The van der Waals surface area contributed by atoms with Crippen LogP contribution in [0.3, 0.4) is 0 Å². The molecular formula is C15H21N3OS. The topological polar surface area (TPSA) is 38.2 Å². The Kier molecular flexibility index (Phi) is 5.09. The molecular weight excluding hydrogens is 270 g/mol. The Morgan fingerprint density at radius 3 is 2.75 bits per heavy atom. The van der Waals surface area contributed by atoms with E-state index in [1.54, 1.807) is 18.4 Å². The molecule has 0 fully saturated rings. The summed E-state index contributed by atoms with van der Waals surface area (Å²) in [6, 6.07) is 8.56. The average molecular weight is 291 g/mol. The van der Waals surface area contributed by atoms with E-state index in [2.05, 4.69) is 41.1 Å². The highest BCUT2D eigenvalue weighted by Gasteiger charge is 2.16. The van der Waals surface area contributed by atoms with E-state index in [9.17, 15) is 0 Å². The molecule has 4 nitrogen and oxygen atoms in total. The van der Waals surface area contributed by atoms with Gasteiger partial charge in [-0.1, -0.05) is 19.1 Å². The normalized spacial score (nSPS) is 12.7. The summed E-state index contributed by atoms with van der Waals surface area (Å²) >= 11 is 1.66. The van der Waals surface area contributed by atoms with E-state index in [-0.39, 0.29) is 0 Å². The van der Waals surface area contributed by atoms with Gasteiger partial charge in [-0.2, -0.15) is 0 Å². The van der Waals surface area contributed by atoms with E-state index in [1.165, 1.54) is 5.56 Å². The van der Waals surface area contributed by atoms with E-state index in [4.69, 9.17) is 4.74 Å². The van der Waals surface area contributed by atoms with Gasteiger partial charge in [0.05, 0.1) is 13.7 Å². The fraction of sp³-hybridized carbons (Fsp3) is 0.467. The largest absolute Gasteiger partial charge is 0.497 e. The summed E-state index contributed by atoms with van der Waals surface area (Å²) in [5.74, 6) is 0.900. The zero-order chi connectivity index (χ0) is 14.5. The Balaban J connectivity index is 2.13. The molecule has 0 saturated heterocycles. The predicted octanol–water partition coefficient (Wildman–Crippen LogP) is 3.44. The Hall–Kier alpha value is -1.46. The number of ether oxygens (including phenoxy) is 1. The highest BCUT2D eigenvalue weighted by molar-refractivity contribution is 7.11. The lowest BCUT2D eigenvalue weighted by molar-refractivity contribution is 0.212. The fourth-order valence-corrected chi connectivity index (χ4v) is 2.94. The van der Waals surface area contributed by atoms with Crippen molar-refractivity contribution in [1.82, 2.24) is 15.1 Å². The van der Waals surface area contributed by atoms with Crippen LogP contribution < -0.4 is 4.74 Å². The first kappa shape index (κ1) is 14.9. The smallest absolute Gasteiger partial charge is 0.131 e. The van der Waals surface area contributed by atoms with Crippen LogP contribution in [0.25, 0.3) is 0 Å². The summed E-state index contributed by atoms with van der Waals surface area (Å²) in [7, 11) is 1.70. The van der Waals surface area contributed by atoms with Crippen LogP contribution >= 0.6 is 11.3 Å². The van der Waals surface area contributed by atoms with Crippen LogP contribution in [0, 0.1) is 6.92 Å². The molecule has 20 heavy (non-hydrogen) atoms. The van der Waals surface area contributed by atoms with Gasteiger partial charge in [-0.15, -0.1) is 21.5 Å². The third kappa shape index (κ3) is 3.55. The molecule has 0 aliphatic carbocycles. The number of rotatable bonds is 6. The van der Waals surface area contributed by atoms with Crippen molar-refractivity contribution in [3.63, 3.8) is 0 Å². The molecule has 1 heterocycles. The molecule has 1 unspecified atom stereocenters. The second-order valence-corrected chi connectivity index (χ2v) is 6.00. The van der Waals surface area contributed by atoms with Crippen molar-refractivity contribution in [1.29, 1.82) is 0 Å². The van der Waals surface area contributed by atoms with Gasteiger partial charge in [0.15, 0.2) is 0 Å². The standard InChI is InChI=1S/C15H21N3OS/c1-5-18(10-15-17-16-12(3)20-15)11(2)13-7-6-8-14(9-13)19-4/h6-9,11H,5,10H2,1-4H3. The zero-order valence-electron chi connectivity index (χ0n) is 12.5. The average Bonchev–Trinajstić information content (AvgIpc) is 2.89. The van der Waals surface area contributed by atoms with Gasteiger partial charge in [0.25, 0.3) is 0 Å². The molecule has 108 valence electrons. The minimum Gasteiger partial charge on any atom is -0.497 e. The van der Waals surface area contributed by atoms with Crippen LogP contribution in [-0.2, 0) is 6.54 Å². The van der Waals surface area contributed by atoms with Crippen LogP contribution in [0.15, 0.2) is 24.3 Å². The van der Waals surface area contributed by atoms with Crippen LogP contribution in [0.1, 0.15) is 35.5 Å². The Morgan fingerprint density at radius 2 is 2.15 bits per heavy atom. The first-order chi connectivity index (χ1) is 9.63. The number of aromatic nitrogens is 2. The lowest BCUT2D eigenvalue weighted by Crippen LogP contribution is -2.26. The summed E-state index contributed by atoms with van der Waals surface area (Å²) in [6.07, 6.45) is 0. The van der Waals surface area contributed by atoms with Crippen molar-refractivity contribution in [2.24, 2.45) is 0 Å². The Labute approximate surface area is 124 Å². The van der Waals surface area contributed by atoms with Crippen molar-refractivity contribution in [2.45, 2.75) is 33.4 Å². The Bertz CT molecular complexity index is 556. The third-order valence-corrected chi connectivity index (χ3v) is 4.26. The summed E-state index contributed by atoms with van der Waals surface area (Å²) < 4.78 is 5.30. The first-order valence-corrected chi connectivity index (χ1v) is 7.62. The minimum absolute atomic E-state index is 0.319. The van der Waals surface area contributed by atoms with E-state index < -0.39 is 0 Å². The molecule has 2 aromatic rings. The Morgan fingerprint density at radius 1 is 1.35 bits per heavy atom. The third-order valence-electron chi connectivity index (χ3n) is 3.44. The fourth-order valence-electron chi connectivity index (χ4n) is 2.21. The van der Waals surface area contributed by atoms with Crippen molar-refractivity contribution >= 4 is 11.3 Å². The summed E-state index contributed by atoms with van der Waals surface area (Å²) in [4.78, 5) is 2.38. The molecule has 0 saturated carbocycles. The second-order valence-electron chi connectivity index (χ2n) is 4.73. The van der Waals surface area contributed by atoms with E-state index in [1.807, 2.05) is 19.1 Å². The summed E-state index contributed by atoms with van der Waals surface area (Å²) in [5.41, 5.74) is 1.26. The summed E-state index contributed by atoms with van der Waals surface area (Å²) in [5, 5.41) is 10.4. The zero-order valence-corrected chi connectivity index (χ0v) is 13.3. The molecule has 1 atom stereocenters. The van der Waals surface area contributed by atoms with Crippen LogP contribution in [0.2, 0.25) is 0 Å². The van der Waals surface area contributed by atoms with Crippen molar-refractivity contribution < 1.29 is 4.74 Å². The number of methoxy groups -OCH3 is 1. The number of nitrogens with zero attached hydrogens (tertiary/aromatic N) is 3. The highest BCUT2D eigenvalue weighted by Crippen LogP contribution is 2.25. The maximum Gasteiger partial charge on any atom is 0.131 e. The van der Waals surface area contributed by atoms with Gasteiger partial charge in [-0.3, -0.25) is 4.90 Å². The van der Waals surface area contributed by atoms with Crippen LogP contribution in [-0.4, -0.2) is 28.8 Å². The van der Waals surface area contributed by atoms with Gasteiger partial charge < -0.3 is 4.74 Å². The van der Waals surface area contributed by atoms with Crippen molar-refractivity contribution in [3.8, 4) is 5.75 Å². The predicted molar refractivity (Wildman–Crippen MR) is 82.1 cm³/mol. The SMILES string of the molecule is CCN(Cc1nnc(C)s1)C(C)c1cccc(OC)c1. The lowest BCUT2D eigenvalue weighted by Gasteiger charge is -2.27. The maximum absolute atomic E-state index is 5.30. The molecule has 2 rings (SSSR count). The molecule has 0 spiro atoms. The van der Waals surface area contributed by atoms with Gasteiger partial charge in [-0.25, -0.2) is 0 Å². The van der Waals surface area contributed by atoms with E-state index in [0.717, 1.165) is 28.9 Å². The molecule has 0 amide bonds. The number of benzene rings is 1. The molecule has 0 aliphatic heterocycles. The molecule has 5 heteroatoms. The van der Waals surface area contributed by atoms with Gasteiger partial charge in [0, 0.05) is 6.04 Å². The van der Waals surface area contributed by atoms with Crippen molar-refractivity contribution in [3.05, 3.63) is 39.8 Å². The molecule has 0 N–H and O–H groups in total. The molecule has 0 aliphatic rings. The van der Waals surface area contributed by atoms with Crippen LogP contribution in [0.4, 0.5) is 0 Å². The number of aryl methyl sites for hydroxylation is 1. The quantitative estimate of drug-likeness (QED) is 0.817. The lowest BCUT2D eigenvalue weighted by atomic mass is 10.1. The first-order valence-electron chi connectivity index (χ1n) is 6.81. The van der Waals surface area contributed by atoms with Crippen LogP contribution in [0.5, 0.6) is 5.75 Å². The van der Waals surface area contributed by atoms with Gasteiger partial charge >= 0.3 is 0 Å². The highest BCUT2D eigenvalue weighted by atomic mass is 32.1. The summed E-state index contributed by atoms with van der Waals surface area (Å²) in [6.45, 7) is 8.18. The number of hydrogen-bond acceptors (Lipinski definition) is 5. The van der Waals surface area contributed by atoms with Gasteiger partial charge in [0.2, 0.25) is 0 Å². The van der Waals surface area contributed by atoms with E-state index >= 15 is 0 Å². The monoisotopic (exact) mass is 291 g/mol. The molecule has 1 aromatic heterocycles. The molecule has 0 bridgehead atoms. The second kappa shape index (κ2) is 6.81. The van der Waals surface area contributed by atoms with Gasteiger partial charge in [-0.05, 0) is 38.1 Å². The van der Waals surface area contributed by atoms with E-state index in [0.29, 0.717) is 6.04 Å². The maximum atomic E-state index is 5.30. The minimum atomic E-state index is 0.319.